The van der Waals surface area contributed by atoms with Crippen LogP contribution in [0.4, 0.5) is 5.69 Å². The summed E-state index contributed by atoms with van der Waals surface area (Å²) in [5, 5.41) is 7.19. The third-order valence-corrected chi connectivity index (χ3v) is 5.49. The number of benzene rings is 2. The van der Waals surface area contributed by atoms with E-state index in [1.54, 1.807) is 10.9 Å². The lowest BCUT2D eigenvalue weighted by Crippen LogP contribution is -2.38. The summed E-state index contributed by atoms with van der Waals surface area (Å²) in [6, 6.07) is 15.2. The molecule has 0 saturated carbocycles. The Morgan fingerprint density at radius 1 is 1.12 bits per heavy atom. The van der Waals surface area contributed by atoms with Crippen LogP contribution in [-0.4, -0.2) is 66.6 Å². The first kappa shape index (κ1) is 22.8. The van der Waals surface area contributed by atoms with E-state index in [1.165, 1.54) is 0 Å². The predicted molar refractivity (Wildman–Crippen MR) is 127 cm³/mol. The number of hydrogen-bond donors (Lipinski definition) is 1. The molecular weight excluding hydrogens is 420 g/mol. The van der Waals surface area contributed by atoms with Crippen LogP contribution in [-0.2, 0) is 16.6 Å². The van der Waals surface area contributed by atoms with Gasteiger partial charge in [0.25, 0.3) is 5.91 Å². The number of aryl methyl sites for hydroxylation is 2. The first-order chi connectivity index (χ1) is 16.1. The van der Waals surface area contributed by atoms with E-state index in [2.05, 4.69) is 15.3 Å². The van der Waals surface area contributed by atoms with Crippen LogP contribution < -0.4 is 14.8 Å². The molecule has 8 nitrogen and oxygen atoms in total. The van der Waals surface area contributed by atoms with Crippen molar-refractivity contribution < 1.29 is 19.0 Å². The monoisotopic (exact) mass is 450 g/mol. The first-order valence-corrected chi connectivity index (χ1v) is 11.1. The number of morpholine rings is 1. The third kappa shape index (κ3) is 6.34. The molecule has 1 N–H and O–H groups in total. The third-order valence-electron chi connectivity index (χ3n) is 5.49. The number of rotatable bonds is 9. The van der Waals surface area contributed by atoms with Crippen LogP contribution in [0, 0.1) is 6.92 Å². The van der Waals surface area contributed by atoms with Crippen LogP contribution in [0.5, 0.6) is 11.5 Å². The van der Waals surface area contributed by atoms with Crippen molar-refractivity contribution in [3.8, 4) is 22.8 Å². The molecule has 33 heavy (non-hydrogen) atoms. The Morgan fingerprint density at radius 2 is 1.97 bits per heavy atom. The normalized spacial score (nSPS) is 14.1. The molecule has 0 spiro atoms. The summed E-state index contributed by atoms with van der Waals surface area (Å²) in [6.07, 6.45) is 1.74. The maximum atomic E-state index is 12.5. The zero-order valence-corrected chi connectivity index (χ0v) is 19.1. The molecule has 8 heteroatoms. The summed E-state index contributed by atoms with van der Waals surface area (Å²) < 4.78 is 18.9. The smallest absolute Gasteiger partial charge is 0.262 e. The van der Waals surface area contributed by atoms with E-state index in [0.29, 0.717) is 18.0 Å². The van der Waals surface area contributed by atoms with Crippen LogP contribution in [0.2, 0.25) is 0 Å². The molecule has 2 heterocycles. The number of amides is 1. The van der Waals surface area contributed by atoms with E-state index in [9.17, 15) is 4.79 Å². The Kier molecular flexibility index (Phi) is 7.59. The van der Waals surface area contributed by atoms with Crippen LogP contribution in [0.25, 0.3) is 11.3 Å². The molecule has 1 aliphatic rings. The number of ether oxygens (including phenoxy) is 3. The number of hydrogen-bond acceptors (Lipinski definition) is 6. The lowest BCUT2D eigenvalue weighted by Gasteiger charge is -2.26. The summed E-state index contributed by atoms with van der Waals surface area (Å²) in [7, 11) is 1.88. The van der Waals surface area contributed by atoms with Crippen molar-refractivity contribution in [3.63, 3.8) is 0 Å². The van der Waals surface area contributed by atoms with Gasteiger partial charge in [0.15, 0.2) is 6.61 Å². The first-order valence-electron chi connectivity index (χ1n) is 11.1. The van der Waals surface area contributed by atoms with Gasteiger partial charge in [0.2, 0.25) is 0 Å². The van der Waals surface area contributed by atoms with E-state index in [4.69, 9.17) is 14.2 Å². The van der Waals surface area contributed by atoms with E-state index in [-0.39, 0.29) is 12.5 Å². The minimum atomic E-state index is -0.228. The fourth-order valence-corrected chi connectivity index (χ4v) is 3.73. The van der Waals surface area contributed by atoms with Crippen molar-refractivity contribution in [1.29, 1.82) is 0 Å². The highest BCUT2D eigenvalue weighted by Gasteiger charge is 2.15. The van der Waals surface area contributed by atoms with Crippen molar-refractivity contribution in [2.24, 2.45) is 7.05 Å². The lowest BCUT2D eigenvalue weighted by molar-refractivity contribution is -0.118. The van der Waals surface area contributed by atoms with E-state index in [0.717, 1.165) is 55.4 Å². The highest BCUT2D eigenvalue weighted by Crippen LogP contribution is 2.32. The summed E-state index contributed by atoms with van der Waals surface area (Å²) >= 11 is 0. The molecule has 1 aromatic heterocycles. The van der Waals surface area contributed by atoms with Gasteiger partial charge in [0.1, 0.15) is 18.1 Å². The minimum Gasteiger partial charge on any atom is -0.492 e. The minimum absolute atomic E-state index is 0.0672. The van der Waals surface area contributed by atoms with Gasteiger partial charge in [-0.1, -0.05) is 12.1 Å². The van der Waals surface area contributed by atoms with Crippen molar-refractivity contribution >= 4 is 11.6 Å². The number of carbonyl (C=O) groups is 1. The molecule has 174 valence electrons. The van der Waals surface area contributed by atoms with Crippen molar-refractivity contribution in [2.75, 3.05) is 51.4 Å². The Morgan fingerprint density at radius 3 is 2.73 bits per heavy atom. The molecular formula is C25H30N4O4. The molecule has 3 aromatic rings. The second-order valence-corrected chi connectivity index (χ2v) is 8.01. The molecule has 1 aliphatic heterocycles. The molecule has 0 bridgehead atoms. The van der Waals surface area contributed by atoms with Gasteiger partial charge in [0.05, 0.1) is 18.9 Å². The Hall–Kier alpha value is -3.36. The fourth-order valence-electron chi connectivity index (χ4n) is 3.73. The van der Waals surface area contributed by atoms with Gasteiger partial charge in [-0.15, -0.1) is 0 Å². The summed E-state index contributed by atoms with van der Waals surface area (Å²) in [6.45, 7) is 6.70. The number of anilines is 1. The number of nitrogens with zero attached hydrogens (tertiary/aromatic N) is 3. The summed E-state index contributed by atoms with van der Waals surface area (Å²) in [5.41, 5.74) is 3.53. The van der Waals surface area contributed by atoms with Crippen LogP contribution in [0.1, 0.15) is 5.56 Å². The SMILES string of the molecule is Cc1cccc(OCC(=O)Nc2ccc(OCCN3CCOCC3)c(-c3ccnn3C)c2)c1. The van der Waals surface area contributed by atoms with Gasteiger partial charge in [-0.05, 0) is 48.9 Å². The molecule has 0 radical (unpaired) electrons. The Labute approximate surface area is 194 Å². The number of carbonyl (C=O) groups excluding carboxylic acids is 1. The summed E-state index contributed by atoms with van der Waals surface area (Å²) in [4.78, 5) is 14.8. The maximum Gasteiger partial charge on any atom is 0.262 e. The lowest BCUT2D eigenvalue weighted by atomic mass is 10.1. The molecule has 0 aliphatic carbocycles. The average molecular weight is 451 g/mol. The van der Waals surface area contributed by atoms with Gasteiger partial charge >= 0.3 is 0 Å². The van der Waals surface area contributed by atoms with Crippen LogP contribution in [0.3, 0.4) is 0 Å². The van der Waals surface area contributed by atoms with E-state index >= 15 is 0 Å². The largest absolute Gasteiger partial charge is 0.492 e. The molecule has 4 rings (SSSR count). The Bertz CT molecular complexity index is 1080. The quantitative estimate of drug-likeness (QED) is 0.540. The van der Waals surface area contributed by atoms with Crippen molar-refractivity contribution in [2.45, 2.75) is 6.92 Å². The topological polar surface area (TPSA) is 77.8 Å². The molecule has 1 saturated heterocycles. The zero-order chi connectivity index (χ0) is 23.0. The number of nitrogens with one attached hydrogen (secondary N) is 1. The fraction of sp³-hybridized carbons (Fsp3) is 0.360. The van der Waals surface area contributed by atoms with Gasteiger partial charge in [0, 0.05) is 44.1 Å². The number of aromatic nitrogens is 2. The van der Waals surface area contributed by atoms with Crippen molar-refractivity contribution in [1.82, 2.24) is 14.7 Å². The molecule has 1 fully saturated rings. The van der Waals surface area contributed by atoms with Gasteiger partial charge in [-0.25, -0.2) is 0 Å². The second kappa shape index (κ2) is 11.0. The molecule has 2 aromatic carbocycles. The predicted octanol–water partition coefficient (Wildman–Crippen LogP) is 3.12. The second-order valence-electron chi connectivity index (χ2n) is 8.01. The van der Waals surface area contributed by atoms with Crippen molar-refractivity contribution in [3.05, 3.63) is 60.3 Å². The summed E-state index contributed by atoms with van der Waals surface area (Å²) in [5.74, 6) is 1.19. The highest BCUT2D eigenvalue weighted by atomic mass is 16.5. The molecule has 0 atom stereocenters. The molecule has 1 amide bonds. The maximum absolute atomic E-state index is 12.5. The van der Waals surface area contributed by atoms with Gasteiger partial charge < -0.3 is 19.5 Å². The standard InChI is InChI=1S/C25H30N4O4/c1-19-4-3-5-21(16-19)33-18-25(30)27-20-6-7-24(22(17-20)23-8-9-26-28(23)2)32-15-12-29-10-13-31-14-11-29/h3-9,16-17H,10-15,18H2,1-2H3,(H,27,30). The van der Waals surface area contributed by atoms with Crippen LogP contribution in [0.15, 0.2) is 54.7 Å². The highest BCUT2D eigenvalue weighted by molar-refractivity contribution is 5.93. The zero-order valence-electron chi connectivity index (χ0n) is 19.1. The van der Waals surface area contributed by atoms with E-state index < -0.39 is 0 Å². The Balaban J connectivity index is 1.41. The van der Waals surface area contributed by atoms with Gasteiger partial charge in [-0.3, -0.25) is 14.4 Å². The van der Waals surface area contributed by atoms with Crippen LogP contribution >= 0.6 is 0 Å². The molecule has 0 unspecified atom stereocenters. The van der Waals surface area contributed by atoms with Gasteiger partial charge in [-0.2, -0.15) is 5.10 Å². The van der Waals surface area contributed by atoms with E-state index in [1.807, 2.05) is 62.5 Å². The average Bonchev–Trinajstić information content (AvgIpc) is 3.25.